The second-order valence-electron chi connectivity index (χ2n) is 9.08. The Hall–Kier alpha value is -3.79. The minimum absolute atomic E-state index is 0.0354. The van der Waals surface area contributed by atoms with E-state index in [1.54, 1.807) is 4.57 Å². The van der Waals surface area contributed by atoms with E-state index < -0.39 is 28.7 Å². The number of aromatic carboxylic acids is 1. The van der Waals surface area contributed by atoms with E-state index in [1.165, 1.54) is 7.05 Å². The van der Waals surface area contributed by atoms with Crippen LogP contribution in [-0.4, -0.2) is 44.3 Å². The van der Waals surface area contributed by atoms with E-state index >= 15 is 4.39 Å². The maximum absolute atomic E-state index is 15.2. The van der Waals surface area contributed by atoms with Crippen molar-refractivity contribution in [3.8, 4) is 0 Å². The number of hydrogen-bond acceptors (Lipinski definition) is 5. The monoisotopic (exact) mass is 481 g/mol. The number of rotatable bonds is 4. The van der Waals surface area contributed by atoms with Gasteiger partial charge in [-0.2, -0.15) is 0 Å². The van der Waals surface area contributed by atoms with Crippen molar-refractivity contribution in [2.24, 2.45) is 12.8 Å². The van der Waals surface area contributed by atoms with Crippen LogP contribution in [0.4, 0.5) is 14.7 Å². The van der Waals surface area contributed by atoms with Gasteiger partial charge in [-0.3, -0.25) is 4.79 Å². The fraction of sp³-hybridized carbons (Fsp3) is 0.320. The number of carboxylic acid groups (broad SMARTS) is 1. The van der Waals surface area contributed by atoms with Crippen molar-refractivity contribution < 1.29 is 18.7 Å². The highest BCUT2D eigenvalue weighted by Gasteiger charge is 2.29. The molecule has 2 aromatic carbocycles. The summed E-state index contributed by atoms with van der Waals surface area (Å²) in [7, 11) is 1.35. The van der Waals surface area contributed by atoms with Crippen LogP contribution in [0.15, 0.2) is 35.1 Å². The van der Waals surface area contributed by atoms with Crippen molar-refractivity contribution >= 4 is 33.9 Å². The van der Waals surface area contributed by atoms with E-state index in [1.807, 2.05) is 36.1 Å². The van der Waals surface area contributed by atoms with E-state index in [-0.39, 0.29) is 28.0 Å². The topological polar surface area (TPSA) is 106 Å². The summed E-state index contributed by atoms with van der Waals surface area (Å²) in [5.41, 5.74) is 6.57. The van der Waals surface area contributed by atoms with Crippen LogP contribution < -0.4 is 16.2 Å². The first-order valence-corrected chi connectivity index (χ1v) is 11.4. The summed E-state index contributed by atoms with van der Waals surface area (Å²) in [5, 5.41) is 9.34. The van der Waals surface area contributed by atoms with Gasteiger partial charge in [0.05, 0.1) is 12.1 Å². The summed E-state index contributed by atoms with van der Waals surface area (Å²) < 4.78 is 32.8. The Bertz CT molecular complexity index is 1560. The standard InChI is InChI=1S/C25H25F2N5O3/c1-13-6-3-4-7-14(13)11-32-22-20(29-25(32)31-9-5-8-15(28)12-31)16-10-17(26)18(24(34)35)19(27)21(16)30(2)23(22)33/h3-4,6-7,10,15H,5,8-9,11-12,28H2,1-2H3,(H,34,35)/t15-/m1/s1. The summed E-state index contributed by atoms with van der Waals surface area (Å²) >= 11 is 0. The van der Waals surface area contributed by atoms with Gasteiger partial charge in [0.25, 0.3) is 5.56 Å². The first kappa shape index (κ1) is 23.0. The van der Waals surface area contributed by atoms with Crippen molar-refractivity contribution in [3.63, 3.8) is 0 Å². The van der Waals surface area contributed by atoms with E-state index in [0.29, 0.717) is 25.6 Å². The zero-order valence-corrected chi connectivity index (χ0v) is 19.4. The van der Waals surface area contributed by atoms with Crippen LogP contribution in [-0.2, 0) is 13.6 Å². The van der Waals surface area contributed by atoms with Crippen LogP contribution in [0.3, 0.4) is 0 Å². The fourth-order valence-corrected chi connectivity index (χ4v) is 4.96. The number of carbonyl (C=O) groups is 1. The van der Waals surface area contributed by atoms with Gasteiger partial charge in [0.2, 0.25) is 5.95 Å². The molecule has 0 saturated carbocycles. The number of hydrogen-bond donors (Lipinski definition) is 2. The molecule has 0 bridgehead atoms. The Balaban J connectivity index is 1.87. The molecule has 4 aromatic rings. The van der Waals surface area contributed by atoms with Gasteiger partial charge in [-0.25, -0.2) is 18.6 Å². The molecule has 1 fully saturated rings. The molecule has 2 aromatic heterocycles. The Morgan fingerprint density at radius 1 is 1.26 bits per heavy atom. The zero-order chi connectivity index (χ0) is 25.0. The van der Waals surface area contributed by atoms with Crippen molar-refractivity contribution in [1.82, 2.24) is 14.1 Å². The van der Waals surface area contributed by atoms with Crippen LogP contribution in [0.5, 0.6) is 0 Å². The molecule has 0 amide bonds. The van der Waals surface area contributed by atoms with Crippen molar-refractivity contribution in [2.45, 2.75) is 32.4 Å². The first-order valence-electron chi connectivity index (χ1n) is 11.4. The van der Waals surface area contributed by atoms with E-state index in [9.17, 15) is 19.1 Å². The maximum Gasteiger partial charge on any atom is 0.341 e. The average molecular weight is 482 g/mol. The maximum atomic E-state index is 15.2. The second-order valence-corrected chi connectivity index (χ2v) is 9.08. The lowest BCUT2D eigenvalue weighted by molar-refractivity contribution is 0.0687. The number of pyridine rings is 1. The van der Waals surface area contributed by atoms with E-state index in [2.05, 4.69) is 0 Å². The molecular weight excluding hydrogens is 456 g/mol. The summed E-state index contributed by atoms with van der Waals surface area (Å²) in [6.45, 7) is 3.50. The average Bonchev–Trinajstić information content (AvgIpc) is 3.18. The highest BCUT2D eigenvalue weighted by molar-refractivity contribution is 6.06. The van der Waals surface area contributed by atoms with Crippen LogP contribution in [0.2, 0.25) is 0 Å². The third kappa shape index (κ3) is 3.65. The molecule has 1 atom stereocenters. The number of aryl methyl sites for hydroxylation is 2. The Labute approximate surface area is 199 Å². The Morgan fingerprint density at radius 3 is 2.69 bits per heavy atom. The van der Waals surface area contributed by atoms with Crippen molar-refractivity contribution in [1.29, 1.82) is 0 Å². The highest BCUT2D eigenvalue weighted by Crippen LogP contribution is 2.32. The third-order valence-electron chi connectivity index (χ3n) is 6.78. The number of nitrogens with zero attached hydrogens (tertiary/aromatic N) is 4. The van der Waals surface area contributed by atoms with E-state index in [0.717, 1.165) is 34.6 Å². The molecule has 3 heterocycles. The zero-order valence-electron chi connectivity index (χ0n) is 19.4. The molecule has 0 spiro atoms. The number of piperidine rings is 1. The molecule has 1 aliphatic heterocycles. The molecule has 182 valence electrons. The molecule has 0 aliphatic carbocycles. The lowest BCUT2D eigenvalue weighted by Gasteiger charge is -2.32. The third-order valence-corrected chi connectivity index (χ3v) is 6.78. The van der Waals surface area contributed by atoms with Crippen LogP contribution in [0, 0.1) is 18.6 Å². The van der Waals surface area contributed by atoms with Gasteiger partial charge in [-0.1, -0.05) is 24.3 Å². The molecule has 8 nitrogen and oxygen atoms in total. The van der Waals surface area contributed by atoms with Gasteiger partial charge in [-0.05, 0) is 37.0 Å². The molecule has 0 unspecified atom stereocenters. The summed E-state index contributed by atoms with van der Waals surface area (Å²) in [4.78, 5) is 31.8. The number of imidazole rings is 1. The van der Waals surface area contributed by atoms with Crippen molar-refractivity contribution in [2.75, 3.05) is 18.0 Å². The number of anilines is 1. The number of halogens is 2. The van der Waals surface area contributed by atoms with Gasteiger partial charge in [0, 0.05) is 31.6 Å². The van der Waals surface area contributed by atoms with Crippen molar-refractivity contribution in [3.05, 3.63) is 69.0 Å². The van der Waals surface area contributed by atoms with Crippen LogP contribution >= 0.6 is 0 Å². The van der Waals surface area contributed by atoms with Gasteiger partial charge < -0.3 is 24.9 Å². The number of aromatic nitrogens is 3. The number of fused-ring (bicyclic) bond motifs is 3. The second kappa shape index (κ2) is 8.46. The van der Waals surface area contributed by atoms with Gasteiger partial charge in [0.15, 0.2) is 5.82 Å². The predicted octanol–water partition coefficient (Wildman–Crippen LogP) is 3.15. The molecule has 1 aliphatic rings. The number of benzene rings is 2. The molecule has 35 heavy (non-hydrogen) atoms. The molecule has 10 heteroatoms. The lowest BCUT2D eigenvalue weighted by atomic mass is 10.1. The van der Waals surface area contributed by atoms with Crippen LogP contribution in [0.1, 0.15) is 34.3 Å². The first-order chi connectivity index (χ1) is 16.7. The molecule has 3 N–H and O–H groups in total. The normalized spacial score (nSPS) is 16.4. The molecule has 1 saturated heterocycles. The molecule has 0 radical (unpaired) electrons. The molecule has 5 rings (SSSR count). The smallest absolute Gasteiger partial charge is 0.341 e. The minimum Gasteiger partial charge on any atom is -0.477 e. The predicted molar refractivity (Wildman–Crippen MR) is 129 cm³/mol. The fourth-order valence-electron chi connectivity index (χ4n) is 4.96. The quantitative estimate of drug-likeness (QED) is 0.464. The number of carboxylic acids is 1. The van der Waals surface area contributed by atoms with Gasteiger partial charge in [0.1, 0.15) is 22.4 Å². The van der Waals surface area contributed by atoms with Gasteiger partial charge in [-0.15, -0.1) is 0 Å². The summed E-state index contributed by atoms with van der Waals surface area (Å²) in [6, 6.07) is 8.63. The minimum atomic E-state index is -1.75. The van der Waals surface area contributed by atoms with Crippen LogP contribution in [0.25, 0.3) is 21.9 Å². The Kier molecular flexibility index (Phi) is 5.55. The Morgan fingerprint density at radius 2 is 2.00 bits per heavy atom. The van der Waals surface area contributed by atoms with E-state index in [4.69, 9.17) is 10.7 Å². The molecular formula is C25H25F2N5O3. The number of nitrogens with two attached hydrogens (primary N) is 1. The lowest BCUT2D eigenvalue weighted by Crippen LogP contribution is -2.44. The highest BCUT2D eigenvalue weighted by atomic mass is 19.1. The summed E-state index contributed by atoms with van der Waals surface area (Å²) in [6.07, 6.45) is 1.71. The SMILES string of the molecule is Cc1ccccc1Cn1c(N2CCC[C@@H](N)C2)nc2c3cc(F)c(C(=O)O)c(F)c3n(C)c(=O)c21. The largest absolute Gasteiger partial charge is 0.477 e. The summed E-state index contributed by atoms with van der Waals surface area (Å²) in [5.74, 6) is -3.78. The van der Waals surface area contributed by atoms with Gasteiger partial charge >= 0.3 is 5.97 Å².